The summed E-state index contributed by atoms with van der Waals surface area (Å²) >= 11 is 0. The van der Waals surface area contributed by atoms with Crippen molar-refractivity contribution in [2.45, 2.75) is 37.7 Å². The molecule has 6 nitrogen and oxygen atoms in total. The van der Waals surface area contributed by atoms with Gasteiger partial charge in [0.05, 0.1) is 23.0 Å². The summed E-state index contributed by atoms with van der Waals surface area (Å²) in [6.45, 7) is 3.29. The summed E-state index contributed by atoms with van der Waals surface area (Å²) in [6, 6.07) is 14.6. The van der Waals surface area contributed by atoms with Gasteiger partial charge >= 0.3 is 5.97 Å². The maximum Gasteiger partial charge on any atom is 0.319 e. The molecule has 3 heterocycles. The molecule has 2 fully saturated rings. The van der Waals surface area contributed by atoms with Crippen LogP contribution in [-0.2, 0) is 14.9 Å². The topological polar surface area (TPSA) is 91.7 Å². The lowest BCUT2D eigenvalue weighted by molar-refractivity contribution is -0.157. The molecule has 0 amide bonds. The van der Waals surface area contributed by atoms with Gasteiger partial charge < -0.3 is 4.74 Å². The van der Waals surface area contributed by atoms with Gasteiger partial charge in [-0.25, -0.2) is 8.78 Å². The number of fused-ring (bicyclic) bond motifs is 1. The molecule has 2 aliphatic rings. The number of alkyl halides is 2. The van der Waals surface area contributed by atoms with Crippen molar-refractivity contribution < 1.29 is 18.3 Å². The molecular weight excluding hydrogens is 450 g/mol. The molecule has 0 radical (unpaired) electrons. The summed E-state index contributed by atoms with van der Waals surface area (Å²) in [7, 11) is 0. The number of aromatic amines is 1. The molecule has 1 saturated carbocycles. The summed E-state index contributed by atoms with van der Waals surface area (Å²) in [5.41, 5.74) is 1.58. The molecule has 1 saturated heterocycles. The Labute approximate surface area is 201 Å². The number of allylic oxidation sites excluding steroid dienone is 1. The fraction of sp³-hybridized carbons (Fsp3) is 0.333. The van der Waals surface area contributed by atoms with Gasteiger partial charge in [0.2, 0.25) is 0 Å². The highest BCUT2D eigenvalue weighted by Gasteiger charge is 2.69. The van der Waals surface area contributed by atoms with Crippen molar-refractivity contribution >= 4 is 12.0 Å². The molecule has 35 heavy (non-hydrogen) atoms. The second-order valence-corrected chi connectivity index (χ2v) is 9.37. The van der Waals surface area contributed by atoms with Crippen molar-refractivity contribution in [2.24, 2.45) is 17.8 Å². The Kier molecular flexibility index (Phi) is 5.51. The van der Waals surface area contributed by atoms with Crippen molar-refractivity contribution in [1.82, 2.24) is 15.2 Å². The number of pyridine rings is 1. The first kappa shape index (κ1) is 22.9. The van der Waals surface area contributed by atoms with Crippen LogP contribution in [0, 0.1) is 29.1 Å². The van der Waals surface area contributed by atoms with Crippen molar-refractivity contribution in [3.8, 4) is 17.2 Å². The van der Waals surface area contributed by atoms with Gasteiger partial charge in [-0.05, 0) is 37.1 Å². The monoisotopic (exact) mass is 474 g/mol. The minimum absolute atomic E-state index is 0.362. The molecule has 2 aromatic heterocycles. The Bertz CT molecular complexity index is 1310. The van der Waals surface area contributed by atoms with E-state index in [9.17, 15) is 10.1 Å². The van der Waals surface area contributed by atoms with E-state index in [1.165, 1.54) is 13.1 Å². The maximum atomic E-state index is 15.3. The zero-order chi connectivity index (χ0) is 24.8. The van der Waals surface area contributed by atoms with E-state index in [2.05, 4.69) is 21.3 Å². The van der Waals surface area contributed by atoms with Crippen LogP contribution in [-0.4, -0.2) is 33.2 Å². The number of carbonyl (C=O) groups excluding carboxylic acids is 1. The Balaban J connectivity index is 1.50. The number of carbonyl (C=O) groups is 1. The SMILES string of the molecule is C[C@H]1OC(=O)[C@]2(c3ccn[nH]3)CC(F)(F)[C@@H](C)[C@H](C=Cc3ccc(-c4ccccc4C#N)cn3)[C@H]12. The molecule has 8 heteroatoms. The first-order valence-corrected chi connectivity index (χ1v) is 11.5. The third-order valence-electron chi connectivity index (χ3n) is 7.52. The van der Waals surface area contributed by atoms with E-state index in [1.54, 1.807) is 49.5 Å². The van der Waals surface area contributed by atoms with Crippen LogP contribution in [0.25, 0.3) is 17.2 Å². The third-order valence-corrected chi connectivity index (χ3v) is 7.52. The lowest BCUT2D eigenvalue weighted by atomic mass is 9.55. The fourth-order valence-electron chi connectivity index (χ4n) is 5.72. The normalized spacial score (nSPS) is 29.5. The van der Waals surface area contributed by atoms with Crippen molar-refractivity contribution in [3.05, 3.63) is 77.9 Å². The van der Waals surface area contributed by atoms with Crippen molar-refractivity contribution in [3.63, 3.8) is 0 Å². The number of hydrogen-bond donors (Lipinski definition) is 1. The molecule has 0 bridgehead atoms. The number of nitriles is 1. The minimum Gasteiger partial charge on any atom is -0.462 e. The number of cyclic esters (lactones) is 1. The van der Waals surface area contributed by atoms with E-state index in [4.69, 9.17) is 4.74 Å². The number of nitrogens with one attached hydrogen (secondary N) is 1. The van der Waals surface area contributed by atoms with Crippen LogP contribution in [0.2, 0.25) is 0 Å². The van der Waals surface area contributed by atoms with E-state index in [1.807, 2.05) is 18.2 Å². The van der Waals surface area contributed by atoms with Gasteiger partial charge in [-0.2, -0.15) is 10.4 Å². The number of rotatable bonds is 4. The van der Waals surface area contributed by atoms with Crippen LogP contribution in [0.3, 0.4) is 0 Å². The number of benzene rings is 1. The summed E-state index contributed by atoms with van der Waals surface area (Å²) in [6.07, 6.45) is 5.43. The highest BCUT2D eigenvalue weighted by Crippen LogP contribution is 2.59. The van der Waals surface area contributed by atoms with Gasteiger partial charge in [0.15, 0.2) is 0 Å². The van der Waals surface area contributed by atoms with E-state index in [0.29, 0.717) is 17.0 Å². The largest absolute Gasteiger partial charge is 0.462 e. The number of ether oxygens (including phenoxy) is 1. The maximum absolute atomic E-state index is 15.3. The van der Waals surface area contributed by atoms with Crippen LogP contribution < -0.4 is 0 Å². The zero-order valence-electron chi connectivity index (χ0n) is 19.3. The quantitative estimate of drug-likeness (QED) is 0.528. The average Bonchev–Trinajstić information content (AvgIpc) is 3.47. The molecule has 1 N–H and O–H groups in total. The Hall–Kier alpha value is -3.86. The standard InChI is InChI=1S/C27H24F2N4O2/c1-16-21(10-9-20-8-7-19(14-31-20)22-6-4-3-5-18(22)13-30)24-17(2)35-25(34)26(24,15-27(16,28)29)23-11-12-32-33-23/h3-12,14,16-17,21,24H,15H2,1-2H3,(H,32,33)/t16-,17+,21-,24-,26-/m0/s1. The zero-order valence-corrected chi connectivity index (χ0v) is 19.3. The molecule has 1 aliphatic heterocycles. The van der Waals surface area contributed by atoms with Crippen LogP contribution in [0.5, 0.6) is 0 Å². The Morgan fingerprint density at radius 2 is 2.00 bits per heavy atom. The van der Waals surface area contributed by atoms with Crippen molar-refractivity contribution in [1.29, 1.82) is 5.26 Å². The number of esters is 1. The van der Waals surface area contributed by atoms with E-state index in [-0.39, 0.29) is 0 Å². The number of halogens is 2. The Morgan fingerprint density at radius 1 is 1.20 bits per heavy atom. The lowest BCUT2D eigenvalue weighted by Gasteiger charge is -2.47. The lowest BCUT2D eigenvalue weighted by Crippen LogP contribution is -2.56. The second kappa shape index (κ2) is 8.42. The smallest absolute Gasteiger partial charge is 0.319 e. The van der Waals surface area contributed by atoms with Gasteiger partial charge in [-0.15, -0.1) is 0 Å². The van der Waals surface area contributed by atoms with Crippen molar-refractivity contribution in [2.75, 3.05) is 0 Å². The summed E-state index contributed by atoms with van der Waals surface area (Å²) in [5.74, 6) is -5.84. The molecule has 5 rings (SSSR count). The number of aromatic nitrogens is 3. The number of H-pyrrole nitrogens is 1. The third kappa shape index (κ3) is 3.63. The number of hydrogen-bond acceptors (Lipinski definition) is 5. The van der Waals surface area contributed by atoms with Gasteiger partial charge in [0.25, 0.3) is 5.92 Å². The van der Waals surface area contributed by atoms with Gasteiger partial charge in [0.1, 0.15) is 11.5 Å². The van der Waals surface area contributed by atoms with Crippen LogP contribution >= 0.6 is 0 Å². The predicted octanol–water partition coefficient (Wildman–Crippen LogP) is 5.15. The first-order chi connectivity index (χ1) is 16.8. The van der Waals surface area contributed by atoms with E-state index >= 15 is 8.78 Å². The molecule has 1 aromatic carbocycles. The second-order valence-electron chi connectivity index (χ2n) is 9.37. The highest BCUT2D eigenvalue weighted by atomic mass is 19.3. The summed E-state index contributed by atoms with van der Waals surface area (Å²) in [5, 5.41) is 16.0. The molecular formula is C27H24F2N4O2. The average molecular weight is 475 g/mol. The van der Waals surface area contributed by atoms with Crippen LogP contribution in [0.1, 0.15) is 37.2 Å². The van der Waals surface area contributed by atoms with E-state index < -0.39 is 47.6 Å². The molecule has 0 spiro atoms. The summed E-state index contributed by atoms with van der Waals surface area (Å²) < 4.78 is 36.2. The highest BCUT2D eigenvalue weighted by molar-refractivity contribution is 5.86. The Morgan fingerprint density at radius 3 is 2.69 bits per heavy atom. The summed E-state index contributed by atoms with van der Waals surface area (Å²) in [4.78, 5) is 17.5. The fourth-order valence-corrected chi connectivity index (χ4v) is 5.72. The van der Waals surface area contributed by atoms with Gasteiger partial charge in [-0.1, -0.05) is 37.3 Å². The molecule has 0 unspecified atom stereocenters. The minimum atomic E-state index is -3.09. The molecule has 5 atom stereocenters. The predicted molar refractivity (Wildman–Crippen MR) is 125 cm³/mol. The number of nitrogens with zero attached hydrogens (tertiary/aromatic N) is 3. The first-order valence-electron chi connectivity index (χ1n) is 11.5. The molecule has 1 aliphatic carbocycles. The molecule has 178 valence electrons. The van der Waals surface area contributed by atoms with Crippen LogP contribution in [0.4, 0.5) is 8.78 Å². The van der Waals surface area contributed by atoms with Crippen LogP contribution in [0.15, 0.2) is 60.9 Å². The van der Waals surface area contributed by atoms with E-state index in [0.717, 1.165) is 11.1 Å². The molecule has 3 aromatic rings. The van der Waals surface area contributed by atoms with Gasteiger partial charge in [-0.3, -0.25) is 14.9 Å². The van der Waals surface area contributed by atoms with Gasteiger partial charge in [0, 0.05) is 41.8 Å².